The molecule has 2 heterocycles. The number of nitrogens with zero attached hydrogens (tertiary/aromatic N) is 2. The van der Waals surface area contributed by atoms with Crippen LogP contribution in [0.2, 0.25) is 10.2 Å². The minimum absolute atomic E-state index is 0.113. The van der Waals surface area contributed by atoms with E-state index >= 15 is 0 Å². The van der Waals surface area contributed by atoms with Crippen molar-refractivity contribution in [2.75, 3.05) is 6.61 Å². The molecule has 0 unspecified atom stereocenters. The molecule has 118 valence electrons. The van der Waals surface area contributed by atoms with Crippen molar-refractivity contribution in [2.24, 2.45) is 0 Å². The second-order valence-electron chi connectivity index (χ2n) is 4.80. The van der Waals surface area contributed by atoms with Gasteiger partial charge in [-0.15, -0.1) is 0 Å². The molecule has 0 atom stereocenters. The first-order valence-corrected chi connectivity index (χ1v) is 7.65. The average molecular weight is 350 g/mol. The van der Waals surface area contributed by atoms with Gasteiger partial charge in [0.1, 0.15) is 16.5 Å². The van der Waals surface area contributed by atoms with E-state index < -0.39 is 0 Å². The number of amides is 1. The SMILES string of the molecule is O=C(COc1ccccc1Cl)NCc1cn2c(Cl)cccc2n1. The fourth-order valence-electron chi connectivity index (χ4n) is 2.06. The van der Waals surface area contributed by atoms with Crippen molar-refractivity contribution in [3.8, 4) is 5.75 Å². The van der Waals surface area contributed by atoms with Crippen LogP contribution in [0.25, 0.3) is 5.65 Å². The number of carbonyl (C=O) groups is 1. The minimum atomic E-state index is -0.256. The van der Waals surface area contributed by atoms with Gasteiger partial charge in [-0.05, 0) is 24.3 Å². The second kappa shape index (κ2) is 6.89. The summed E-state index contributed by atoms with van der Waals surface area (Å²) in [5.74, 6) is 0.219. The number of nitrogens with one attached hydrogen (secondary N) is 1. The van der Waals surface area contributed by atoms with Gasteiger partial charge in [-0.1, -0.05) is 41.4 Å². The third kappa shape index (κ3) is 3.75. The van der Waals surface area contributed by atoms with E-state index in [1.54, 1.807) is 40.9 Å². The summed E-state index contributed by atoms with van der Waals surface area (Å²) in [4.78, 5) is 16.2. The van der Waals surface area contributed by atoms with Gasteiger partial charge in [0.05, 0.1) is 17.3 Å². The van der Waals surface area contributed by atoms with Crippen LogP contribution in [0.3, 0.4) is 0 Å². The Morgan fingerprint density at radius 1 is 1.17 bits per heavy atom. The molecule has 0 fully saturated rings. The number of halogens is 2. The molecular weight excluding hydrogens is 337 g/mol. The maximum Gasteiger partial charge on any atom is 0.258 e. The monoisotopic (exact) mass is 349 g/mol. The van der Waals surface area contributed by atoms with E-state index in [9.17, 15) is 4.79 Å². The third-order valence-corrected chi connectivity index (χ3v) is 3.77. The number of hydrogen-bond donors (Lipinski definition) is 1. The Hall–Kier alpha value is -2.24. The largest absolute Gasteiger partial charge is 0.482 e. The fraction of sp³-hybridized carbons (Fsp3) is 0.125. The van der Waals surface area contributed by atoms with Crippen molar-refractivity contribution >= 4 is 34.8 Å². The van der Waals surface area contributed by atoms with E-state index in [4.69, 9.17) is 27.9 Å². The van der Waals surface area contributed by atoms with Crippen LogP contribution >= 0.6 is 23.2 Å². The lowest BCUT2D eigenvalue weighted by Crippen LogP contribution is -2.28. The number of imidazole rings is 1. The van der Waals surface area contributed by atoms with Gasteiger partial charge >= 0.3 is 0 Å². The number of pyridine rings is 1. The lowest BCUT2D eigenvalue weighted by Gasteiger charge is -2.07. The molecule has 1 N–H and O–H groups in total. The first-order valence-electron chi connectivity index (χ1n) is 6.90. The number of carbonyl (C=O) groups excluding carboxylic acids is 1. The summed E-state index contributed by atoms with van der Waals surface area (Å²) in [7, 11) is 0. The molecule has 2 aromatic heterocycles. The number of para-hydroxylation sites is 1. The van der Waals surface area contributed by atoms with Crippen LogP contribution in [0.1, 0.15) is 5.69 Å². The van der Waals surface area contributed by atoms with Gasteiger partial charge in [-0.25, -0.2) is 4.98 Å². The van der Waals surface area contributed by atoms with Crippen molar-refractivity contribution in [3.63, 3.8) is 0 Å². The summed E-state index contributed by atoms with van der Waals surface area (Å²) >= 11 is 12.0. The molecule has 3 rings (SSSR count). The summed E-state index contributed by atoms with van der Waals surface area (Å²) < 4.78 is 7.13. The number of ether oxygens (including phenoxy) is 1. The van der Waals surface area contributed by atoms with Crippen molar-refractivity contribution < 1.29 is 9.53 Å². The zero-order chi connectivity index (χ0) is 16.2. The van der Waals surface area contributed by atoms with E-state index in [0.717, 1.165) is 5.65 Å². The van der Waals surface area contributed by atoms with E-state index in [-0.39, 0.29) is 12.5 Å². The highest BCUT2D eigenvalue weighted by atomic mass is 35.5. The normalized spacial score (nSPS) is 10.7. The fourth-order valence-corrected chi connectivity index (χ4v) is 2.46. The minimum Gasteiger partial charge on any atom is -0.482 e. The van der Waals surface area contributed by atoms with Crippen molar-refractivity contribution in [1.29, 1.82) is 0 Å². The van der Waals surface area contributed by atoms with Gasteiger partial charge < -0.3 is 10.1 Å². The summed E-state index contributed by atoms with van der Waals surface area (Å²) in [5.41, 5.74) is 1.44. The Kier molecular flexibility index (Phi) is 4.69. The van der Waals surface area contributed by atoms with Crippen LogP contribution < -0.4 is 10.1 Å². The predicted octanol–water partition coefficient (Wildman–Crippen LogP) is 3.34. The Balaban J connectivity index is 1.56. The Morgan fingerprint density at radius 2 is 2.00 bits per heavy atom. The van der Waals surface area contributed by atoms with Crippen LogP contribution in [0, 0.1) is 0 Å². The van der Waals surface area contributed by atoms with Crippen LogP contribution in [0.4, 0.5) is 0 Å². The molecule has 7 heteroatoms. The summed E-state index contributed by atoms with van der Waals surface area (Å²) in [6.45, 7) is 0.181. The van der Waals surface area contributed by atoms with E-state index in [2.05, 4.69) is 10.3 Å². The van der Waals surface area contributed by atoms with Gasteiger partial charge in [0.25, 0.3) is 5.91 Å². The zero-order valence-corrected chi connectivity index (χ0v) is 13.5. The molecule has 0 aliphatic heterocycles. The first kappa shape index (κ1) is 15.6. The van der Waals surface area contributed by atoms with E-state index in [1.807, 2.05) is 12.1 Å². The van der Waals surface area contributed by atoms with Gasteiger partial charge in [0, 0.05) is 6.20 Å². The summed E-state index contributed by atoms with van der Waals surface area (Å²) in [6, 6.07) is 12.4. The topological polar surface area (TPSA) is 55.6 Å². The average Bonchev–Trinajstić information content (AvgIpc) is 2.97. The number of benzene rings is 1. The number of rotatable bonds is 5. The quantitative estimate of drug-likeness (QED) is 0.718. The van der Waals surface area contributed by atoms with E-state index in [1.165, 1.54) is 0 Å². The van der Waals surface area contributed by atoms with Crippen LogP contribution in [0.15, 0.2) is 48.7 Å². The zero-order valence-electron chi connectivity index (χ0n) is 12.0. The molecule has 5 nitrogen and oxygen atoms in total. The molecule has 0 saturated heterocycles. The molecule has 1 amide bonds. The molecular formula is C16H13Cl2N3O2. The smallest absolute Gasteiger partial charge is 0.258 e. The third-order valence-electron chi connectivity index (χ3n) is 3.15. The highest BCUT2D eigenvalue weighted by Crippen LogP contribution is 2.22. The van der Waals surface area contributed by atoms with Crippen LogP contribution in [-0.4, -0.2) is 21.9 Å². The Labute approximate surface area is 142 Å². The van der Waals surface area contributed by atoms with Gasteiger partial charge in [0.15, 0.2) is 6.61 Å². The maximum atomic E-state index is 11.8. The van der Waals surface area contributed by atoms with Crippen molar-refractivity contribution in [1.82, 2.24) is 14.7 Å². The molecule has 0 saturated carbocycles. The molecule has 0 spiro atoms. The molecule has 1 aromatic carbocycles. The molecule has 3 aromatic rings. The maximum absolute atomic E-state index is 11.8. The first-order chi connectivity index (χ1) is 11.1. The lowest BCUT2D eigenvalue weighted by molar-refractivity contribution is -0.123. The van der Waals surface area contributed by atoms with Gasteiger partial charge in [0.2, 0.25) is 0 Å². The lowest BCUT2D eigenvalue weighted by atomic mass is 10.3. The number of hydrogen-bond acceptors (Lipinski definition) is 3. The Bertz CT molecular complexity index is 848. The van der Waals surface area contributed by atoms with Gasteiger partial charge in [-0.3, -0.25) is 9.20 Å². The molecule has 0 radical (unpaired) electrons. The highest BCUT2D eigenvalue weighted by molar-refractivity contribution is 6.32. The number of aromatic nitrogens is 2. The molecule has 0 bridgehead atoms. The van der Waals surface area contributed by atoms with E-state index in [0.29, 0.717) is 28.2 Å². The summed E-state index contributed by atoms with van der Waals surface area (Å²) in [5, 5.41) is 3.78. The standard InChI is InChI=1S/C16H13Cl2N3O2/c17-12-4-1-2-5-13(12)23-10-16(22)19-8-11-9-21-14(18)6-3-7-15(21)20-11/h1-7,9H,8,10H2,(H,19,22). The van der Waals surface area contributed by atoms with Crippen LogP contribution in [0.5, 0.6) is 5.75 Å². The Morgan fingerprint density at radius 3 is 2.78 bits per heavy atom. The summed E-state index contributed by atoms with van der Waals surface area (Å²) in [6.07, 6.45) is 1.78. The molecule has 23 heavy (non-hydrogen) atoms. The van der Waals surface area contributed by atoms with Crippen molar-refractivity contribution in [2.45, 2.75) is 6.54 Å². The highest BCUT2D eigenvalue weighted by Gasteiger charge is 2.08. The van der Waals surface area contributed by atoms with Crippen molar-refractivity contribution in [3.05, 3.63) is 64.5 Å². The molecule has 0 aliphatic carbocycles. The molecule has 0 aliphatic rings. The van der Waals surface area contributed by atoms with Crippen LogP contribution in [-0.2, 0) is 11.3 Å². The number of fused-ring (bicyclic) bond motifs is 1. The van der Waals surface area contributed by atoms with Gasteiger partial charge in [-0.2, -0.15) is 0 Å². The second-order valence-corrected chi connectivity index (χ2v) is 5.60. The predicted molar refractivity (Wildman–Crippen MR) is 89.0 cm³/mol.